The van der Waals surface area contributed by atoms with Gasteiger partial charge in [-0.2, -0.15) is 0 Å². The fourth-order valence-electron chi connectivity index (χ4n) is 2.12. The van der Waals surface area contributed by atoms with E-state index in [-0.39, 0.29) is 26.7 Å². The van der Waals surface area contributed by atoms with E-state index in [1.807, 2.05) is 56.0 Å². The van der Waals surface area contributed by atoms with Crippen LogP contribution in [0.5, 0.6) is 0 Å². The Morgan fingerprint density at radius 2 is 1.53 bits per heavy atom. The topological polar surface area (TPSA) is 67.3 Å². The molecule has 2 rings (SSSR count). The third kappa shape index (κ3) is 18.0. The number of hydrogen-bond acceptors (Lipinski definition) is 6. The maximum Gasteiger partial charge on any atom is 0.253 e. The van der Waals surface area contributed by atoms with Crippen LogP contribution in [0.15, 0.2) is 41.6 Å². The first-order valence-corrected chi connectivity index (χ1v) is 12.6. The van der Waals surface area contributed by atoms with Crippen LogP contribution >= 0.6 is 21.6 Å². The van der Waals surface area contributed by atoms with Gasteiger partial charge in [0.25, 0.3) is 11.8 Å². The molecule has 2 amide bonds. The normalized spacial score (nSPS) is 12.0. The molecular formula is C25H44N2O3S2. The summed E-state index contributed by atoms with van der Waals surface area (Å²) in [4.78, 5) is 37.9. The molecule has 2 heterocycles. The Kier molecular flexibility index (Phi) is 21.9. The van der Waals surface area contributed by atoms with Gasteiger partial charge in [-0.05, 0) is 34.8 Å². The number of amides is 2. The second-order valence-electron chi connectivity index (χ2n) is 7.90. The molecule has 0 saturated carbocycles. The molecule has 0 unspecified atom stereocenters. The minimum atomic E-state index is -0.191. The third-order valence-corrected chi connectivity index (χ3v) is 6.29. The van der Waals surface area contributed by atoms with Crippen molar-refractivity contribution in [3.05, 3.63) is 36.5 Å². The fourth-order valence-corrected chi connectivity index (χ4v) is 3.82. The monoisotopic (exact) mass is 484 g/mol. The Bertz CT molecular complexity index is 657. The Morgan fingerprint density at radius 3 is 1.88 bits per heavy atom. The first kappa shape index (κ1) is 35.0. The summed E-state index contributed by atoms with van der Waals surface area (Å²) < 4.78 is 0. The number of ketones is 1. The molecule has 0 N–H and O–H groups in total. The van der Waals surface area contributed by atoms with Crippen LogP contribution in [0.25, 0.3) is 0 Å². The first-order valence-electron chi connectivity index (χ1n) is 10.4. The maximum atomic E-state index is 10.9. The second kappa shape index (κ2) is 20.0. The molecule has 0 saturated heterocycles. The molecule has 7 heteroatoms. The molecule has 0 spiro atoms. The summed E-state index contributed by atoms with van der Waals surface area (Å²) in [6.07, 6.45) is 5.88. The fraction of sp³-hybridized carbons (Fsp3) is 0.600. The molecule has 1 aromatic heterocycles. The zero-order valence-corrected chi connectivity index (χ0v) is 20.9. The van der Waals surface area contributed by atoms with Crippen molar-refractivity contribution in [2.24, 2.45) is 11.8 Å². The Balaban J connectivity index is -0.000000388. The molecule has 1 aliphatic rings. The van der Waals surface area contributed by atoms with E-state index in [1.165, 1.54) is 17.1 Å². The van der Waals surface area contributed by atoms with E-state index in [9.17, 15) is 14.4 Å². The molecule has 1 aliphatic heterocycles. The van der Waals surface area contributed by atoms with Crippen molar-refractivity contribution >= 4 is 39.2 Å². The minimum absolute atomic E-state index is 0. The largest absolute Gasteiger partial charge is 0.300 e. The summed E-state index contributed by atoms with van der Waals surface area (Å²) >= 11 is 0. The lowest BCUT2D eigenvalue weighted by molar-refractivity contribution is -0.137. The number of Topliss-reactive ketones (excluding diaryl/α,β-unsaturated/α-hetero) is 1. The van der Waals surface area contributed by atoms with Crippen LogP contribution in [0.1, 0.15) is 76.2 Å². The van der Waals surface area contributed by atoms with Crippen molar-refractivity contribution in [3.63, 3.8) is 0 Å². The number of carbonyl (C=O) groups excluding carboxylic acids is 3. The molecule has 0 atom stereocenters. The summed E-state index contributed by atoms with van der Waals surface area (Å²) in [5, 5.41) is 1.74. The van der Waals surface area contributed by atoms with Crippen LogP contribution in [0, 0.1) is 11.8 Å². The number of aromatic nitrogens is 1. The molecule has 0 aromatic carbocycles. The van der Waals surface area contributed by atoms with Gasteiger partial charge in [-0.1, -0.05) is 80.2 Å². The predicted molar refractivity (Wildman–Crippen MR) is 142 cm³/mol. The van der Waals surface area contributed by atoms with E-state index in [2.05, 4.69) is 32.7 Å². The SMILES string of the molecule is C.C.CC(C)CN1C(=O)C=CC1=O.CC(C)SSc1ccccn1.CCC(=O)CC(C)C. The molecule has 184 valence electrons. The highest BCUT2D eigenvalue weighted by Gasteiger charge is 2.23. The van der Waals surface area contributed by atoms with Crippen LogP contribution in [-0.2, 0) is 14.4 Å². The van der Waals surface area contributed by atoms with Gasteiger partial charge < -0.3 is 0 Å². The molecule has 0 radical (unpaired) electrons. The van der Waals surface area contributed by atoms with E-state index >= 15 is 0 Å². The van der Waals surface area contributed by atoms with Gasteiger partial charge in [0.15, 0.2) is 0 Å². The van der Waals surface area contributed by atoms with Crippen molar-refractivity contribution in [2.75, 3.05) is 6.54 Å². The Morgan fingerprint density at radius 1 is 0.969 bits per heavy atom. The molecule has 0 fully saturated rings. The van der Waals surface area contributed by atoms with Crippen molar-refractivity contribution < 1.29 is 14.4 Å². The smallest absolute Gasteiger partial charge is 0.253 e. The van der Waals surface area contributed by atoms with Crippen molar-refractivity contribution in [2.45, 2.75) is 86.4 Å². The Hall–Kier alpha value is -1.60. The van der Waals surface area contributed by atoms with Crippen LogP contribution in [-0.4, -0.2) is 39.3 Å². The predicted octanol–water partition coefficient (Wildman–Crippen LogP) is 7.08. The second-order valence-corrected chi connectivity index (χ2v) is 10.7. The summed E-state index contributed by atoms with van der Waals surface area (Å²) in [5.74, 6) is 0.859. The molecule has 5 nitrogen and oxygen atoms in total. The minimum Gasteiger partial charge on any atom is -0.300 e. The zero-order valence-electron chi connectivity index (χ0n) is 19.3. The van der Waals surface area contributed by atoms with E-state index in [4.69, 9.17) is 0 Å². The van der Waals surface area contributed by atoms with Gasteiger partial charge in [0.05, 0.1) is 0 Å². The van der Waals surface area contributed by atoms with E-state index in [0.717, 1.165) is 11.4 Å². The number of carbonyl (C=O) groups is 3. The molecule has 1 aromatic rings. The summed E-state index contributed by atoms with van der Waals surface area (Å²) in [5.41, 5.74) is 0. The van der Waals surface area contributed by atoms with Crippen LogP contribution < -0.4 is 0 Å². The molecule has 32 heavy (non-hydrogen) atoms. The van der Waals surface area contributed by atoms with Crippen molar-refractivity contribution in [3.8, 4) is 0 Å². The van der Waals surface area contributed by atoms with Crippen LogP contribution in [0.2, 0.25) is 0 Å². The standard InChI is InChI=1S/C8H11NO2.C8H11NS2.C7H14O.2CH4/c1-6(2)5-9-7(10)3-4-8(9)11;1-7(2)10-11-8-5-3-4-6-9-8;1-4-7(8)5-6(2)3;;/h3-4,6H,5H2,1-2H3;3-7H,1-2H3;6H,4-5H2,1-3H3;2*1H4. The lowest BCUT2D eigenvalue weighted by atomic mass is 10.1. The highest BCUT2D eigenvalue weighted by Crippen LogP contribution is 2.32. The van der Waals surface area contributed by atoms with Gasteiger partial charge in [0.1, 0.15) is 10.8 Å². The number of imide groups is 1. The first-order chi connectivity index (χ1) is 14.1. The highest BCUT2D eigenvalue weighted by atomic mass is 33.1. The molecule has 0 aliphatic carbocycles. The van der Waals surface area contributed by atoms with Crippen LogP contribution in [0.4, 0.5) is 0 Å². The van der Waals surface area contributed by atoms with Crippen LogP contribution in [0.3, 0.4) is 0 Å². The quantitative estimate of drug-likeness (QED) is 0.290. The van der Waals surface area contributed by atoms with Gasteiger partial charge in [-0.15, -0.1) is 0 Å². The summed E-state index contributed by atoms with van der Waals surface area (Å²) in [6.45, 7) is 14.9. The van der Waals surface area contributed by atoms with E-state index < -0.39 is 0 Å². The number of pyridine rings is 1. The van der Waals surface area contributed by atoms with Gasteiger partial charge in [0, 0.05) is 43.0 Å². The summed E-state index contributed by atoms with van der Waals surface area (Å²) in [7, 11) is 3.57. The van der Waals surface area contributed by atoms with Gasteiger partial charge in [-0.25, -0.2) is 4.98 Å². The number of hydrogen-bond donors (Lipinski definition) is 0. The zero-order chi connectivity index (χ0) is 23.1. The average molecular weight is 485 g/mol. The lowest BCUT2D eigenvalue weighted by Gasteiger charge is -2.15. The van der Waals surface area contributed by atoms with Gasteiger partial charge in [0.2, 0.25) is 0 Å². The number of rotatable bonds is 8. The van der Waals surface area contributed by atoms with E-state index in [1.54, 1.807) is 10.8 Å². The highest BCUT2D eigenvalue weighted by molar-refractivity contribution is 8.76. The average Bonchev–Trinajstić information content (AvgIpc) is 2.99. The maximum absolute atomic E-state index is 10.9. The lowest BCUT2D eigenvalue weighted by Crippen LogP contribution is -2.33. The van der Waals surface area contributed by atoms with Gasteiger partial charge in [-0.3, -0.25) is 19.3 Å². The Labute approximate surface area is 204 Å². The van der Waals surface area contributed by atoms with Gasteiger partial charge >= 0.3 is 0 Å². The third-order valence-electron chi connectivity index (χ3n) is 3.44. The molecular weight excluding hydrogens is 440 g/mol. The van der Waals surface area contributed by atoms with E-state index in [0.29, 0.717) is 35.8 Å². The van der Waals surface area contributed by atoms with Crippen molar-refractivity contribution in [1.82, 2.24) is 9.88 Å². The molecule has 0 bridgehead atoms. The number of nitrogens with zero attached hydrogens (tertiary/aromatic N) is 2. The van der Waals surface area contributed by atoms with Crippen molar-refractivity contribution in [1.29, 1.82) is 0 Å². The summed E-state index contributed by atoms with van der Waals surface area (Å²) in [6, 6.07) is 5.97.